The molecule has 7 nitrogen and oxygen atoms in total. The molecule has 0 aliphatic rings. The van der Waals surface area contributed by atoms with Crippen molar-refractivity contribution < 1.29 is 18.8 Å². The topological polar surface area (TPSA) is 84.7 Å². The third kappa shape index (κ3) is 5.94. The standard InChI is InChI=1S/C24H27N3O4/c1-16-22(17(2)31-26-16)15-30-21-11-7-18(8-12-21)13-23(28)25-14-19-5-9-20(10-6-19)24(29)27(3)4/h5-12H,13-15H2,1-4H3,(H,25,28). The van der Waals surface area contributed by atoms with Crippen LogP contribution in [0.5, 0.6) is 5.75 Å². The molecule has 162 valence electrons. The molecule has 0 atom stereocenters. The first kappa shape index (κ1) is 22.1. The molecule has 1 N–H and O–H groups in total. The highest BCUT2D eigenvalue weighted by Crippen LogP contribution is 2.18. The first-order valence-corrected chi connectivity index (χ1v) is 10.0. The molecule has 0 saturated heterocycles. The Morgan fingerprint density at radius 2 is 1.65 bits per heavy atom. The van der Waals surface area contributed by atoms with Gasteiger partial charge in [0, 0.05) is 26.2 Å². The molecule has 2 amide bonds. The molecule has 0 bridgehead atoms. The summed E-state index contributed by atoms with van der Waals surface area (Å²) in [4.78, 5) is 25.7. The molecule has 31 heavy (non-hydrogen) atoms. The second-order valence-electron chi connectivity index (χ2n) is 7.59. The molecule has 0 unspecified atom stereocenters. The van der Waals surface area contributed by atoms with Crippen LogP contribution in [0.15, 0.2) is 53.1 Å². The molecule has 0 spiro atoms. The van der Waals surface area contributed by atoms with Crippen LogP contribution in [0.2, 0.25) is 0 Å². The van der Waals surface area contributed by atoms with E-state index in [1.54, 1.807) is 26.2 Å². The lowest BCUT2D eigenvalue weighted by molar-refractivity contribution is -0.120. The number of aryl methyl sites for hydroxylation is 2. The Kier molecular flexibility index (Phi) is 7.07. The van der Waals surface area contributed by atoms with Gasteiger partial charge in [-0.2, -0.15) is 0 Å². The van der Waals surface area contributed by atoms with Crippen LogP contribution in [-0.4, -0.2) is 36.0 Å². The zero-order valence-corrected chi connectivity index (χ0v) is 18.3. The van der Waals surface area contributed by atoms with Crippen LogP contribution in [0.1, 0.15) is 38.5 Å². The van der Waals surface area contributed by atoms with Crippen molar-refractivity contribution in [3.63, 3.8) is 0 Å². The van der Waals surface area contributed by atoms with Crippen LogP contribution < -0.4 is 10.1 Å². The first-order valence-electron chi connectivity index (χ1n) is 10.0. The third-order valence-corrected chi connectivity index (χ3v) is 4.95. The highest BCUT2D eigenvalue weighted by molar-refractivity contribution is 5.93. The number of benzene rings is 2. The smallest absolute Gasteiger partial charge is 0.253 e. The van der Waals surface area contributed by atoms with Gasteiger partial charge in [-0.05, 0) is 49.2 Å². The summed E-state index contributed by atoms with van der Waals surface area (Å²) in [5.41, 5.74) is 4.23. The highest BCUT2D eigenvalue weighted by atomic mass is 16.5. The van der Waals surface area contributed by atoms with Gasteiger partial charge in [-0.1, -0.05) is 29.4 Å². The quantitative estimate of drug-likeness (QED) is 0.602. The van der Waals surface area contributed by atoms with Gasteiger partial charge in [-0.15, -0.1) is 0 Å². The van der Waals surface area contributed by atoms with Gasteiger partial charge >= 0.3 is 0 Å². The van der Waals surface area contributed by atoms with Crippen molar-refractivity contribution in [3.05, 3.63) is 82.2 Å². The SMILES string of the molecule is Cc1noc(C)c1COc1ccc(CC(=O)NCc2ccc(C(=O)N(C)C)cc2)cc1. The minimum Gasteiger partial charge on any atom is -0.489 e. The Morgan fingerprint density at radius 1 is 1.00 bits per heavy atom. The molecule has 7 heteroatoms. The van der Waals surface area contributed by atoms with Crippen molar-refractivity contribution in [1.29, 1.82) is 0 Å². The fraction of sp³-hybridized carbons (Fsp3) is 0.292. The number of aromatic nitrogens is 1. The van der Waals surface area contributed by atoms with Crippen molar-refractivity contribution in [2.24, 2.45) is 0 Å². The maximum Gasteiger partial charge on any atom is 0.253 e. The zero-order valence-electron chi connectivity index (χ0n) is 18.3. The average Bonchev–Trinajstić information content (AvgIpc) is 3.09. The maximum absolute atomic E-state index is 12.3. The predicted octanol–water partition coefficient (Wildman–Crippen LogP) is 3.43. The molecular formula is C24H27N3O4. The Bertz CT molecular complexity index is 1020. The largest absolute Gasteiger partial charge is 0.489 e. The number of nitrogens with zero attached hydrogens (tertiary/aromatic N) is 2. The molecule has 0 radical (unpaired) electrons. The maximum atomic E-state index is 12.3. The number of carbonyl (C=O) groups is 2. The van der Waals surface area contributed by atoms with Crippen LogP contribution in [0.3, 0.4) is 0 Å². The lowest BCUT2D eigenvalue weighted by atomic mass is 10.1. The molecule has 0 aliphatic heterocycles. The Labute approximate surface area is 182 Å². The molecule has 3 aromatic rings. The molecule has 2 aromatic carbocycles. The Hall–Kier alpha value is -3.61. The molecule has 3 rings (SSSR count). The molecular weight excluding hydrogens is 394 g/mol. The van der Waals surface area contributed by atoms with Crippen molar-refractivity contribution in [2.45, 2.75) is 33.4 Å². The first-order chi connectivity index (χ1) is 14.8. The summed E-state index contributed by atoms with van der Waals surface area (Å²) in [5, 5.41) is 6.82. The molecule has 0 saturated carbocycles. The van der Waals surface area contributed by atoms with Crippen LogP contribution in [0, 0.1) is 13.8 Å². The molecule has 1 heterocycles. The van der Waals surface area contributed by atoms with Crippen molar-refractivity contribution in [3.8, 4) is 5.75 Å². The predicted molar refractivity (Wildman–Crippen MR) is 117 cm³/mol. The molecule has 1 aromatic heterocycles. The number of rotatable bonds is 8. The second kappa shape index (κ2) is 9.93. The summed E-state index contributed by atoms with van der Waals surface area (Å²) in [6.45, 7) is 4.54. The lowest BCUT2D eigenvalue weighted by Crippen LogP contribution is -2.24. The fourth-order valence-corrected chi connectivity index (χ4v) is 3.04. The summed E-state index contributed by atoms with van der Waals surface area (Å²) in [6.07, 6.45) is 0.279. The Morgan fingerprint density at radius 3 is 2.23 bits per heavy atom. The van der Waals surface area contributed by atoms with E-state index in [1.807, 2.05) is 50.2 Å². The van der Waals surface area contributed by atoms with Gasteiger partial charge in [0.25, 0.3) is 5.91 Å². The minimum atomic E-state index is -0.0715. The van der Waals surface area contributed by atoms with Gasteiger partial charge in [-0.25, -0.2) is 0 Å². The number of ether oxygens (including phenoxy) is 1. The van der Waals surface area contributed by atoms with E-state index in [0.29, 0.717) is 18.7 Å². The molecule has 0 fully saturated rings. The average molecular weight is 421 g/mol. The van der Waals surface area contributed by atoms with Crippen LogP contribution in [0.4, 0.5) is 0 Å². The summed E-state index contributed by atoms with van der Waals surface area (Å²) in [5.74, 6) is 1.36. The van der Waals surface area contributed by atoms with E-state index in [9.17, 15) is 9.59 Å². The number of carbonyl (C=O) groups excluding carboxylic acids is 2. The van der Waals surface area contributed by atoms with Gasteiger partial charge in [-0.3, -0.25) is 9.59 Å². The van der Waals surface area contributed by atoms with Crippen LogP contribution >= 0.6 is 0 Å². The number of amides is 2. The van der Waals surface area contributed by atoms with Crippen molar-refractivity contribution in [2.75, 3.05) is 14.1 Å². The van der Waals surface area contributed by atoms with E-state index in [4.69, 9.17) is 9.26 Å². The Balaban J connectivity index is 1.46. The van der Waals surface area contributed by atoms with E-state index in [1.165, 1.54) is 4.90 Å². The minimum absolute atomic E-state index is 0.0466. The summed E-state index contributed by atoms with van der Waals surface area (Å²) < 4.78 is 10.9. The lowest BCUT2D eigenvalue weighted by Gasteiger charge is -2.11. The second-order valence-corrected chi connectivity index (χ2v) is 7.59. The van der Waals surface area contributed by atoms with E-state index < -0.39 is 0 Å². The van der Waals surface area contributed by atoms with E-state index in [0.717, 1.165) is 33.9 Å². The van der Waals surface area contributed by atoms with E-state index in [-0.39, 0.29) is 18.2 Å². The van der Waals surface area contributed by atoms with Gasteiger partial charge < -0.3 is 19.5 Å². The summed E-state index contributed by atoms with van der Waals surface area (Å²) in [6, 6.07) is 14.7. The fourth-order valence-electron chi connectivity index (χ4n) is 3.04. The highest BCUT2D eigenvalue weighted by Gasteiger charge is 2.10. The summed E-state index contributed by atoms with van der Waals surface area (Å²) in [7, 11) is 3.43. The normalized spacial score (nSPS) is 10.6. The molecule has 0 aliphatic carbocycles. The zero-order chi connectivity index (χ0) is 22.4. The summed E-state index contributed by atoms with van der Waals surface area (Å²) >= 11 is 0. The van der Waals surface area contributed by atoms with Gasteiger partial charge in [0.1, 0.15) is 18.1 Å². The van der Waals surface area contributed by atoms with Crippen LogP contribution in [-0.2, 0) is 24.4 Å². The van der Waals surface area contributed by atoms with Crippen LogP contribution in [0.25, 0.3) is 0 Å². The van der Waals surface area contributed by atoms with Gasteiger partial charge in [0.05, 0.1) is 17.7 Å². The van der Waals surface area contributed by atoms with Gasteiger partial charge in [0.15, 0.2) is 0 Å². The number of hydrogen-bond donors (Lipinski definition) is 1. The number of hydrogen-bond acceptors (Lipinski definition) is 5. The monoisotopic (exact) mass is 421 g/mol. The third-order valence-electron chi connectivity index (χ3n) is 4.95. The van der Waals surface area contributed by atoms with E-state index in [2.05, 4.69) is 10.5 Å². The number of nitrogens with one attached hydrogen (secondary N) is 1. The van der Waals surface area contributed by atoms with Crippen molar-refractivity contribution >= 4 is 11.8 Å². The van der Waals surface area contributed by atoms with Gasteiger partial charge in [0.2, 0.25) is 5.91 Å². The van der Waals surface area contributed by atoms with Crippen molar-refractivity contribution in [1.82, 2.24) is 15.4 Å². The van der Waals surface area contributed by atoms with E-state index >= 15 is 0 Å².